The summed E-state index contributed by atoms with van der Waals surface area (Å²) in [5.41, 5.74) is 5.89. The molecule has 0 bridgehead atoms. The zero-order valence-electron chi connectivity index (χ0n) is 7.26. The van der Waals surface area contributed by atoms with Crippen molar-refractivity contribution >= 4 is 0 Å². The van der Waals surface area contributed by atoms with Gasteiger partial charge in [-0.15, -0.1) is 0 Å². The Balaban J connectivity index is 2.24. The van der Waals surface area contributed by atoms with E-state index in [1.54, 1.807) is 0 Å². The third kappa shape index (κ3) is 4.20. The van der Waals surface area contributed by atoms with E-state index in [9.17, 15) is 0 Å². The maximum Gasteiger partial charge on any atom is 0.00417 e. The number of hydrogen-bond acceptors (Lipinski definition) is 1. The molecule has 0 heterocycles. The Labute approximate surface area is 69.7 Å². The number of hydrogen-bond donors (Lipinski definition) is 1. The molecule has 0 aromatic heterocycles. The largest absolute Gasteiger partial charge is 0.328 e. The fourth-order valence-electron chi connectivity index (χ4n) is 1.54. The summed E-state index contributed by atoms with van der Waals surface area (Å²) in [6, 6.07) is 0.456. The average Bonchev–Trinajstić information content (AvgIpc) is 2.03. The van der Waals surface area contributed by atoms with E-state index in [0.717, 1.165) is 0 Å². The summed E-state index contributed by atoms with van der Waals surface area (Å²) < 4.78 is 0. The summed E-state index contributed by atoms with van der Waals surface area (Å²) in [4.78, 5) is 0. The van der Waals surface area contributed by atoms with Gasteiger partial charge in [-0.25, -0.2) is 0 Å². The van der Waals surface area contributed by atoms with Gasteiger partial charge in [0.15, 0.2) is 0 Å². The second kappa shape index (κ2) is 5.36. The first kappa shape index (κ1) is 8.79. The van der Waals surface area contributed by atoms with E-state index in [1.165, 1.54) is 44.9 Å². The lowest BCUT2D eigenvalue weighted by Gasteiger charge is -2.10. The predicted molar refractivity (Wildman–Crippen MR) is 49.4 cm³/mol. The third-order valence-electron chi connectivity index (χ3n) is 2.32. The lowest BCUT2D eigenvalue weighted by Crippen LogP contribution is -2.19. The van der Waals surface area contributed by atoms with Gasteiger partial charge < -0.3 is 5.73 Å². The van der Waals surface area contributed by atoms with Crippen LogP contribution in [0.15, 0.2) is 12.2 Å². The predicted octanol–water partition coefficient (Wildman–Crippen LogP) is 2.61. The molecule has 0 radical (unpaired) electrons. The van der Waals surface area contributed by atoms with Crippen molar-refractivity contribution in [1.82, 2.24) is 0 Å². The fourth-order valence-corrected chi connectivity index (χ4v) is 1.54. The van der Waals surface area contributed by atoms with Crippen molar-refractivity contribution in [2.75, 3.05) is 0 Å². The van der Waals surface area contributed by atoms with Gasteiger partial charge in [0, 0.05) is 6.04 Å². The molecule has 2 N–H and O–H groups in total. The summed E-state index contributed by atoms with van der Waals surface area (Å²) in [5.74, 6) is 0. The molecule has 0 saturated heterocycles. The zero-order chi connectivity index (χ0) is 7.94. The van der Waals surface area contributed by atoms with Gasteiger partial charge in [0.2, 0.25) is 0 Å². The van der Waals surface area contributed by atoms with Crippen LogP contribution in [0.1, 0.15) is 44.9 Å². The molecule has 1 nitrogen and oxygen atoms in total. The molecule has 11 heavy (non-hydrogen) atoms. The van der Waals surface area contributed by atoms with Crippen LogP contribution in [-0.2, 0) is 0 Å². The Morgan fingerprint density at radius 1 is 0.909 bits per heavy atom. The van der Waals surface area contributed by atoms with Crippen molar-refractivity contribution in [2.45, 2.75) is 51.0 Å². The van der Waals surface area contributed by atoms with Gasteiger partial charge in [0.05, 0.1) is 0 Å². The van der Waals surface area contributed by atoms with E-state index in [0.29, 0.717) is 6.04 Å². The zero-order valence-corrected chi connectivity index (χ0v) is 7.26. The maximum atomic E-state index is 5.89. The second-order valence-corrected chi connectivity index (χ2v) is 3.45. The van der Waals surface area contributed by atoms with Gasteiger partial charge >= 0.3 is 0 Å². The maximum absolute atomic E-state index is 5.89. The van der Waals surface area contributed by atoms with E-state index in [2.05, 4.69) is 12.2 Å². The topological polar surface area (TPSA) is 26.0 Å². The van der Waals surface area contributed by atoms with Crippen molar-refractivity contribution in [3.8, 4) is 0 Å². The lowest BCUT2D eigenvalue weighted by atomic mass is 10.0. The molecule has 0 spiro atoms. The molecule has 0 saturated carbocycles. The number of rotatable bonds is 0. The minimum absolute atomic E-state index is 0.456. The molecule has 1 atom stereocenters. The van der Waals surface area contributed by atoms with Crippen molar-refractivity contribution in [1.29, 1.82) is 0 Å². The Morgan fingerprint density at radius 3 is 2.64 bits per heavy atom. The standard InChI is InChI=1S/C10H19N/c11-10-8-6-4-2-1-3-5-7-9-10/h2,4,10H,1,3,5-9,11H2/b4-2-. The first-order valence-corrected chi connectivity index (χ1v) is 4.80. The van der Waals surface area contributed by atoms with Crippen LogP contribution in [0.2, 0.25) is 0 Å². The molecule has 0 aliphatic heterocycles. The third-order valence-corrected chi connectivity index (χ3v) is 2.32. The summed E-state index contributed by atoms with van der Waals surface area (Å²) in [6.07, 6.45) is 13.5. The van der Waals surface area contributed by atoms with E-state index in [4.69, 9.17) is 5.73 Å². The van der Waals surface area contributed by atoms with Crippen LogP contribution in [-0.4, -0.2) is 6.04 Å². The smallest absolute Gasteiger partial charge is 0.00417 e. The Hall–Kier alpha value is -0.300. The van der Waals surface area contributed by atoms with Crippen LogP contribution in [0.25, 0.3) is 0 Å². The highest BCUT2D eigenvalue weighted by Gasteiger charge is 2.01. The quantitative estimate of drug-likeness (QED) is 0.532. The molecule has 0 aromatic rings. The molecule has 1 unspecified atom stereocenters. The first-order valence-electron chi connectivity index (χ1n) is 4.80. The highest BCUT2D eigenvalue weighted by atomic mass is 14.6. The van der Waals surface area contributed by atoms with Crippen LogP contribution in [0.4, 0.5) is 0 Å². The molecule has 1 rings (SSSR count). The van der Waals surface area contributed by atoms with Crippen LogP contribution < -0.4 is 5.73 Å². The minimum Gasteiger partial charge on any atom is -0.328 e. The monoisotopic (exact) mass is 153 g/mol. The Kier molecular flexibility index (Phi) is 4.29. The summed E-state index contributed by atoms with van der Waals surface area (Å²) in [6.45, 7) is 0. The van der Waals surface area contributed by atoms with Crippen molar-refractivity contribution in [2.24, 2.45) is 5.73 Å². The minimum atomic E-state index is 0.456. The molecule has 1 heteroatoms. The molecule has 1 aliphatic rings. The van der Waals surface area contributed by atoms with Crippen LogP contribution in [0.5, 0.6) is 0 Å². The fraction of sp³-hybridized carbons (Fsp3) is 0.800. The molecule has 1 aliphatic carbocycles. The Morgan fingerprint density at radius 2 is 1.73 bits per heavy atom. The molecule has 0 fully saturated rings. The van der Waals surface area contributed by atoms with Gasteiger partial charge in [0.1, 0.15) is 0 Å². The van der Waals surface area contributed by atoms with E-state index >= 15 is 0 Å². The summed E-state index contributed by atoms with van der Waals surface area (Å²) in [5, 5.41) is 0. The normalized spacial score (nSPS) is 31.2. The molecular formula is C10H19N. The second-order valence-electron chi connectivity index (χ2n) is 3.45. The average molecular weight is 153 g/mol. The summed E-state index contributed by atoms with van der Waals surface area (Å²) in [7, 11) is 0. The highest BCUT2D eigenvalue weighted by molar-refractivity contribution is 4.83. The van der Waals surface area contributed by atoms with E-state index < -0.39 is 0 Å². The Bertz CT molecular complexity index is 118. The lowest BCUT2D eigenvalue weighted by molar-refractivity contribution is 0.523. The number of nitrogens with two attached hydrogens (primary N) is 1. The van der Waals surface area contributed by atoms with Crippen LogP contribution >= 0.6 is 0 Å². The van der Waals surface area contributed by atoms with Gasteiger partial charge in [0.25, 0.3) is 0 Å². The van der Waals surface area contributed by atoms with Gasteiger partial charge in [-0.3, -0.25) is 0 Å². The molecule has 0 aromatic carbocycles. The van der Waals surface area contributed by atoms with Gasteiger partial charge in [-0.2, -0.15) is 0 Å². The van der Waals surface area contributed by atoms with Crippen molar-refractivity contribution < 1.29 is 0 Å². The van der Waals surface area contributed by atoms with Gasteiger partial charge in [-0.1, -0.05) is 25.0 Å². The molecule has 0 amide bonds. The van der Waals surface area contributed by atoms with Crippen LogP contribution in [0, 0.1) is 0 Å². The molecule has 64 valence electrons. The molecular weight excluding hydrogens is 134 g/mol. The van der Waals surface area contributed by atoms with Crippen LogP contribution in [0.3, 0.4) is 0 Å². The van der Waals surface area contributed by atoms with Crippen molar-refractivity contribution in [3.63, 3.8) is 0 Å². The van der Waals surface area contributed by atoms with Crippen molar-refractivity contribution in [3.05, 3.63) is 12.2 Å². The van der Waals surface area contributed by atoms with E-state index in [1.807, 2.05) is 0 Å². The first-order chi connectivity index (χ1) is 5.39. The van der Waals surface area contributed by atoms with Gasteiger partial charge in [-0.05, 0) is 32.1 Å². The SMILES string of the molecule is NC1CC/C=C\CCCCC1. The summed E-state index contributed by atoms with van der Waals surface area (Å²) >= 11 is 0. The highest BCUT2D eigenvalue weighted by Crippen LogP contribution is 2.11. The van der Waals surface area contributed by atoms with E-state index in [-0.39, 0.29) is 0 Å². The number of allylic oxidation sites excluding steroid dienone is 2.